The van der Waals surface area contributed by atoms with Gasteiger partial charge in [-0.3, -0.25) is 19.6 Å². The van der Waals surface area contributed by atoms with Crippen molar-refractivity contribution in [2.75, 3.05) is 50.7 Å². The van der Waals surface area contributed by atoms with Crippen LogP contribution in [0.1, 0.15) is 111 Å². The van der Waals surface area contributed by atoms with E-state index in [9.17, 15) is 0 Å². The molecular formula is C56H86N6. The van der Waals surface area contributed by atoms with Crippen molar-refractivity contribution in [1.82, 2.24) is 24.5 Å². The van der Waals surface area contributed by atoms with Crippen LogP contribution in [0.15, 0.2) is 121 Å². The van der Waals surface area contributed by atoms with Crippen molar-refractivity contribution < 1.29 is 0 Å². The molecular weight excluding hydrogens is 757 g/mol. The topological polar surface area (TPSA) is 19.4 Å². The number of para-hydroxylation sites is 1. The van der Waals surface area contributed by atoms with Gasteiger partial charge in [0, 0.05) is 113 Å². The van der Waals surface area contributed by atoms with Gasteiger partial charge in [0.1, 0.15) is 0 Å². The first-order valence-corrected chi connectivity index (χ1v) is 23.4. The lowest BCUT2D eigenvalue weighted by Gasteiger charge is -2.39. The molecule has 4 aromatic carbocycles. The number of benzene rings is 4. The molecule has 4 aromatic rings. The number of hydrogen-bond donors (Lipinski definition) is 0. The Balaban J connectivity index is 0.000000181. The Morgan fingerprint density at radius 1 is 0.516 bits per heavy atom. The molecule has 0 aromatic heterocycles. The molecule has 3 fully saturated rings. The van der Waals surface area contributed by atoms with Crippen molar-refractivity contribution in [3.63, 3.8) is 0 Å². The summed E-state index contributed by atoms with van der Waals surface area (Å²) in [5.74, 6) is 0. The lowest BCUT2D eigenvalue weighted by Crippen LogP contribution is -2.48. The lowest BCUT2D eigenvalue weighted by molar-refractivity contribution is 0.0999. The van der Waals surface area contributed by atoms with Crippen LogP contribution in [0.25, 0.3) is 0 Å². The molecule has 6 heteroatoms. The Kier molecular flexibility index (Phi) is 20.3. The molecule has 0 amide bonds. The quantitative estimate of drug-likeness (QED) is 0.175. The number of aryl methyl sites for hydroxylation is 1. The van der Waals surface area contributed by atoms with Crippen LogP contribution in [0.4, 0.5) is 5.69 Å². The van der Waals surface area contributed by atoms with Crippen LogP contribution in [0.5, 0.6) is 0 Å². The second-order valence-corrected chi connectivity index (χ2v) is 18.9. The van der Waals surface area contributed by atoms with Crippen molar-refractivity contribution in [2.45, 2.75) is 152 Å². The molecule has 0 aliphatic carbocycles. The van der Waals surface area contributed by atoms with Gasteiger partial charge in [0.25, 0.3) is 0 Å². The van der Waals surface area contributed by atoms with E-state index in [1.165, 1.54) is 85.5 Å². The van der Waals surface area contributed by atoms with Gasteiger partial charge < -0.3 is 9.80 Å². The highest BCUT2D eigenvalue weighted by molar-refractivity contribution is 5.55. The standard InChI is InChI=1S/2C15H22N2.2C12H17N.2CH4/c1-12(2)17-11-14-8-15(17)10-16(14)9-13-6-4-3-5-7-13;1-13(2)16-9-10-17(14(3)11-16)12-15-7-5-4-6-8-15;1-10(2)13-9-5-7-11-6-3-4-8-12(11)13;1-10(2)13-8-7-11-5-3-4-6-12(11)9-13;;/h3-7,12,14-15H,8-11H2,1-2H3;4-8,13H,3,9-12H2,1-2H3;3-4,6,8,10H,5,7,9H2,1-2H3;3-6,10H,7-9H2,1-2H3;2*1H4. The zero-order valence-corrected chi connectivity index (χ0v) is 38.6. The Bertz CT molecular complexity index is 1870. The molecule has 0 saturated carbocycles. The van der Waals surface area contributed by atoms with Gasteiger partial charge >= 0.3 is 0 Å². The summed E-state index contributed by atoms with van der Waals surface area (Å²) in [5, 5.41) is 0. The molecule has 9 rings (SSSR count). The van der Waals surface area contributed by atoms with Crippen LogP contribution in [-0.2, 0) is 32.5 Å². The van der Waals surface area contributed by atoms with Crippen molar-refractivity contribution in [3.8, 4) is 0 Å². The van der Waals surface area contributed by atoms with Gasteiger partial charge in [-0.2, -0.15) is 0 Å². The summed E-state index contributed by atoms with van der Waals surface area (Å²) < 4.78 is 0. The fourth-order valence-corrected chi connectivity index (χ4v) is 9.74. The highest BCUT2D eigenvalue weighted by Gasteiger charge is 2.43. The van der Waals surface area contributed by atoms with E-state index in [2.05, 4.69) is 201 Å². The predicted molar refractivity (Wildman–Crippen MR) is 270 cm³/mol. The summed E-state index contributed by atoms with van der Waals surface area (Å²) in [6, 6.07) is 43.3. The first-order valence-electron chi connectivity index (χ1n) is 23.4. The largest absolute Gasteiger partial charge is 0.369 e. The highest BCUT2D eigenvalue weighted by atomic mass is 15.4. The molecule has 2 bridgehead atoms. The summed E-state index contributed by atoms with van der Waals surface area (Å²) in [4.78, 5) is 15.2. The van der Waals surface area contributed by atoms with E-state index >= 15 is 0 Å². The van der Waals surface area contributed by atoms with Crippen molar-refractivity contribution in [3.05, 3.63) is 149 Å². The lowest BCUT2D eigenvalue weighted by atomic mass is 9.99. The summed E-state index contributed by atoms with van der Waals surface area (Å²) in [7, 11) is 0. The third kappa shape index (κ3) is 14.0. The molecule has 2 atom stereocenters. The summed E-state index contributed by atoms with van der Waals surface area (Å²) in [6.45, 7) is 33.9. The maximum atomic E-state index is 4.21. The van der Waals surface area contributed by atoms with Gasteiger partial charge in [-0.25, -0.2) is 0 Å². The van der Waals surface area contributed by atoms with Crippen molar-refractivity contribution >= 4 is 5.69 Å². The Morgan fingerprint density at radius 2 is 1.08 bits per heavy atom. The Labute approximate surface area is 380 Å². The number of anilines is 1. The van der Waals surface area contributed by atoms with Gasteiger partial charge in [-0.15, -0.1) is 0 Å². The predicted octanol–water partition coefficient (Wildman–Crippen LogP) is 11.7. The summed E-state index contributed by atoms with van der Waals surface area (Å²) >= 11 is 0. The average molecular weight is 843 g/mol. The maximum Gasteiger partial charge on any atom is 0.0427 e. The third-order valence-electron chi connectivity index (χ3n) is 13.4. The molecule has 6 nitrogen and oxygen atoms in total. The van der Waals surface area contributed by atoms with Gasteiger partial charge in [0.15, 0.2) is 0 Å². The third-order valence-corrected chi connectivity index (χ3v) is 13.4. The SMILES string of the molecule is C.C.C=C1CN(C(C)C)CCN1Cc1ccccc1.CC(C)N1CC2CC1CN2Cc1ccccc1.CC(C)N1CCCc2ccccc21.CC(C)N1CCc2ccccc2C1. The zero-order chi connectivity index (χ0) is 42.6. The van der Waals surface area contributed by atoms with Crippen molar-refractivity contribution in [1.29, 1.82) is 0 Å². The fraction of sp³-hybridized carbons (Fsp3) is 0.536. The normalized spacial score (nSPS) is 20.0. The van der Waals surface area contributed by atoms with Crippen molar-refractivity contribution in [2.24, 2.45) is 0 Å². The minimum absolute atomic E-state index is 0. The van der Waals surface area contributed by atoms with Crippen LogP contribution < -0.4 is 4.90 Å². The number of hydrogen-bond acceptors (Lipinski definition) is 6. The molecule has 62 heavy (non-hydrogen) atoms. The van der Waals surface area contributed by atoms with Crippen LogP contribution in [0.2, 0.25) is 0 Å². The highest BCUT2D eigenvalue weighted by Crippen LogP contribution is 2.33. The Morgan fingerprint density at radius 3 is 1.65 bits per heavy atom. The summed E-state index contributed by atoms with van der Waals surface area (Å²) in [5.41, 5.74) is 10.1. The Hall–Kier alpha value is -3.94. The smallest absolute Gasteiger partial charge is 0.0427 e. The van der Waals surface area contributed by atoms with Crippen LogP contribution in [0, 0.1) is 0 Å². The minimum Gasteiger partial charge on any atom is -0.369 e. The molecule has 2 unspecified atom stereocenters. The van der Waals surface area contributed by atoms with Gasteiger partial charge in [0.2, 0.25) is 0 Å². The zero-order valence-electron chi connectivity index (χ0n) is 38.6. The van der Waals surface area contributed by atoms with Crippen LogP contribution >= 0.6 is 0 Å². The second-order valence-electron chi connectivity index (χ2n) is 18.9. The first kappa shape index (κ1) is 50.7. The van der Waals surface area contributed by atoms with E-state index in [1.54, 1.807) is 5.56 Å². The molecule has 5 aliphatic rings. The summed E-state index contributed by atoms with van der Waals surface area (Å²) in [6.07, 6.45) is 5.15. The van der Waals surface area contributed by atoms with Crippen LogP contribution in [-0.4, -0.2) is 107 Å². The molecule has 0 spiro atoms. The monoisotopic (exact) mass is 843 g/mol. The average Bonchev–Trinajstić information content (AvgIpc) is 3.87. The number of nitrogens with zero attached hydrogens (tertiary/aromatic N) is 6. The van der Waals surface area contributed by atoms with Gasteiger partial charge in [0.05, 0.1) is 0 Å². The molecule has 340 valence electrons. The molecule has 5 heterocycles. The number of rotatable bonds is 8. The first-order chi connectivity index (χ1) is 29.0. The maximum absolute atomic E-state index is 4.21. The van der Waals surface area contributed by atoms with Crippen LogP contribution in [0.3, 0.4) is 0 Å². The fourth-order valence-electron chi connectivity index (χ4n) is 9.74. The van der Waals surface area contributed by atoms with E-state index in [-0.39, 0.29) is 14.9 Å². The molecule has 0 radical (unpaired) electrons. The molecule has 5 aliphatic heterocycles. The second kappa shape index (κ2) is 24.8. The molecule has 3 saturated heterocycles. The van der Waals surface area contributed by atoms with Gasteiger partial charge in [-0.1, -0.05) is 125 Å². The van der Waals surface area contributed by atoms with E-state index in [0.29, 0.717) is 24.2 Å². The van der Waals surface area contributed by atoms with E-state index in [4.69, 9.17) is 0 Å². The van der Waals surface area contributed by atoms with E-state index in [0.717, 1.165) is 51.4 Å². The van der Waals surface area contributed by atoms with E-state index < -0.39 is 0 Å². The molecule has 0 N–H and O–H groups in total. The van der Waals surface area contributed by atoms with Gasteiger partial charge in [-0.05, 0) is 115 Å². The number of likely N-dealkylation sites (tertiary alicyclic amines) is 2. The minimum atomic E-state index is 0. The number of fused-ring (bicyclic) bond motifs is 4. The van der Waals surface area contributed by atoms with E-state index in [1.807, 2.05) is 0 Å². The number of piperazine rings is 2.